The van der Waals surface area contributed by atoms with Crippen molar-refractivity contribution in [1.29, 1.82) is 0 Å². The van der Waals surface area contributed by atoms with Crippen LogP contribution in [0.3, 0.4) is 0 Å². The molecule has 0 aromatic heterocycles. The molecule has 5 nitrogen and oxygen atoms in total. The van der Waals surface area contributed by atoms with Crippen LogP contribution in [0.25, 0.3) is 0 Å². The standard InChI is InChI=1S/C20H31N3O2/c1-25-19-8-4-3-7-17(19)15-21-20(24)16-22-13-9-18(10-14-22)23-11-5-2-6-12-23/h3-4,7-8,18H,2,5-6,9-16H2,1H3,(H,21,24)/p+2. The van der Waals surface area contributed by atoms with Crippen molar-refractivity contribution in [2.75, 3.05) is 39.8 Å². The van der Waals surface area contributed by atoms with Gasteiger partial charge in [0.05, 0.1) is 39.3 Å². The summed E-state index contributed by atoms with van der Waals surface area (Å²) in [6.07, 6.45) is 6.75. The van der Waals surface area contributed by atoms with Crippen LogP contribution in [0.1, 0.15) is 37.7 Å². The number of carbonyl (C=O) groups is 1. The monoisotopic (exact) mass is 347 g/mol. The Morgan fingerprint density at radius 1 is 1.12 bits per heavy atom. The van der Waals surface area contributed by atoms with Crippen LogP contribution in [0.15, 0.2) is 24.3 Å². The summed E-state index contributed by atoms with van der Waals surface area (Å²) < 4.78 is 5.34. The second-order valence-corrected chi connectivity index (χ2v) is 7.51. The number of likely N-dealkylation sites (tertiary alicyclic amines) is 2. The minimum Gasteiger partial charge on any atom is -0.496 e. The summed E-state index contributed by atoms with van der Waals surface area (Å²) in [5.74, 6) is 0.977. The fourth-order valence-electron chi connectivity index (χ4n) is 4.36. The van der Waals surface area contributed by atoms with E-state index >= 15 is 0 Å². The van der Waals surface area contributed by atoms with Gasteiger partial charge in [-0.1, -0.05) is 18.2 Å². The van der Waals surface area contributed by atoms with E-state index in [9.17, 15) is 4.79 Å². The van der Waals surface area contributed by atoms with Crippen molar-refractivity contribution >= 4 is 5.91 Å². The molecule has 0 atom stereocenters. The minimum atomic E-state index is 0.143. The van der Waals surface area contributed by atoms with Gasteiger partial charge in [-0.3, -0.25) is 4.79 Å². The van der Waals surface area contributed by atoms with E-state index in [1.165, 1.54) is 50.1 Å². The molecule has 138 valence electrons. The number of carbonyl (C=O) groups excluding carboxylic acids is 1. The van der Waals surface area contributed by atoms with Crippen LogP contribution >= 0.6 is 0 Å². The van der Waals surface area contributed by atoms with E-state index in [0.29, 0.717) is 13.1 Å². The highest BCUT2D eigenvalue weighted by molar-refractivity contribution is 5.76. The molecule has 1 amide bonds. The third-order valence-electron chi connectivity index (χ3n) is 5.84. The van der Waals surface area contributed by atoms with Gasteiger partial charge in [-0.25, -0.2) is 0 Å². The Hall–Kier alpha value is -1.59. The number of methoxy groups -OCH3 is 1. The van der Waals surface area contributed by atoms with Crippen molar-refractivity contribution in [2.45, 2.75) is 44.7 Å². The second-order valence-electron chi connectivity index (χ2n) is 7.51. The lowest BCUT2D eigenvalue weighted by Crippen LogP contribution is -3.21. The maximum atomic E-state index is 12.3. The highest BCUT2D eigenvalue weighted by atomic mass is 16.5. The number of amides is 1. The van der Waals surface area contributed by atoms with Gasteiger partial charge in [0, 0.05) is 24.9 Å². The van der Waals surface area contributed by atoms with Crippen LogP contribution in [0.5, 0.6) is 5.75 Å². The lowest BCUT2D eigenvalue weighted by atomic mass is 10.00. The average Bonchev–Trinajstić information content (AvgIpc) is 2.68. The smallest absolute Gasteiger partial charge is 0.275 e. The number of para-hydroxylation sites is 1. The number of hydrogen-bond acceptors (Lipinski definition) is 2. The van der Waals surface area contributed by atoms with Crippen molar-refractivity contribution in [2.24, 2.45) is 0 Å². The van der Waals surface area contributed by atoms with Gasteiger partial charge in [0.1, 0.15) is 5.75 Å². The molecule has 5 heteroatoms. The van der Waals surface area contributed by atoms with Crippen molar-refractivity contribution in [3.05, 3.63) is 29.8 Å². The maximum Gasteiger partial charge on any atom is 0.275 e. The van der Waals surface area contributed by atoms with E-state index in [1.54, 1.807) is 7.11 Å². The van der Waals surface area contributed by atoms with Crippen LogP contribution in [-0.2, 0) is 11.3 Å². The molecule has 25 heavy (non-hydrogen) atoms. The molecule has 3 rings (SSSR count). The first-order valence-electron chi connectivity index (χ1n) is 9.83. The fraction of sp³-hybridized carbons (Fsp3) is 0.650. The van der Waals surface area contributed by atoms with E-state index in [-0.39, 0.29) is 5.91 Å². The van der Waals surface area contributed by atoms with Gasteiger partial charge in [-0.15, -0.1) is 0 Å². The lowest BCUT2D eigenvalue weighted by molar-refractivity contribution is -0.958. The van der Waals surface area contributed by atoms with Crippen LogP contribution in [-0.4, -0.2) is 51.8 Å². The van der Waals surface area contributed by atoms with E-state index in [4.69, 9.17) is 4.74 Å². The van der Waals surface area contributed by atoms with Gasteiger partial charge in [0.15, 0.2) is 6.54 Å². The fourth-order valence-corrected chi connectivity index (χ4v) is 4.36. The third-order valence-corrected chi connectivity index (χ3v) is 5.84. The normalized spacial score (nSPS) is 24.7. The van der Waals surface area contributed by atoms with Crippen molar-refractivity contribution in [1.82, 2.24) is 5.32 Å². The van der Waals surface area contributed by atoms with Gasteiger partial charge in [0.2, 0.25) is 0 Å². The van der Waals surface area contributed by atoms with E-state index in [2.05, 4.69) is 5.32 Å². The number of quaternary nitrogens is 2. The zero-order valence-electron chi connectivity index (χ0n) is 15.5. The van der Waals surface area contributed by atoms with Gasteiger partial charge in [0.25, 0.3) is 5.91 Å². The molecule has 0 unspecified atom stereocenters. The molecule has 1 aromatic rings. The molecule has 0 radical (unpaired) electrons. The predicted octanol–water partition coefficient (Wildman–Crippen LogP) is -0.572. The van der Waals surface area contributed by atoms with Gasteiger partial charge in [-0.2, -0.15) is 0 Å². The van der Waals surface area contributed by atoms with E-state index in [0.717, 1.165) is 30.4 Å². The Morgan fingerprint density at radius 3 is 2.56 bits per heavy atom. The molecule has 1 aromatic carbocycles. The molecule has 3 N–H and O–H groups in total. The predicted molar refractivity (Wildman–Crippen MR) is 98.0 cm³/mol. The molecule has 2 fully saturated rings. The van der Waals surface area contributed by atoms with Crippen LogP contribution in [0.2, 0.25) is 0 Å². The highest BCUT2D eigenvalue weighted by Crippen LogP contribution is 2.16. The minimum absolute atomic E-state index is 0.143. The number of rotatable bonds is 6. The topological polar surface area (TPSA) is 47.2 Å². The van der Waals surface area contributed by atoms with Crippen molar-refractivity contribution in [3.8, 4) is 5.75 Å². The van der Waals surface area contributed by atoms with Crippen molar-refractivity contribution in [3.63, 3.8) is 0 Å². The molecular weight excluding hydrogens is 314 g/mol. The van der Waals surface area contributed by atoms with Crippen LogP contribution in [0, 0.1) is 0 Å². The zero-order valence-corrected chi connectivity index (χ0v) is 15.5. The van der Waals surface area contributed by atoms with E-state index < -0.39 is 0 Å². The van der Waals surface area contributed by atoms with Crippen LogP contribution in [0.4, 0.5) is 0 Å². The number of benzene rings is 1. The molecule has 2 heterocycles. The molecular formula is C20H33N3O2+2. The zero-order chi connectivity index (χ0) is 17.5. The summed E-state index contributed by atoms with van der Waals surface area (Å²) in [4.78, 5) is 15.5. The van der Waals surface area contributed by atoms with Crippen LogP contribution < -0.4 is 19.9 Å². The molecule has 2 aliphatic rings. The second kappa shape index (κ2) is 9.20. The first kappa shape index (κ1) is 18.2. The van der Waals surface area contributed by atoms with Gasteiger partial charge >= 0.3 is 0 Å². The summed E-state index contributed by atoms with van der Waals surface area (Å²) in [6, 6.07) is 8.69. The largest absolute Gasteiger partial charge is 0.496 e. The highest BCUT2D eigenvalue weighted by Gasteiger charge is 2.31. The number of ether oxygens (including phenoxy) is 1. The molecule has 0 aliphatic carbocycles. The Morgan fingerprint density at radius 2 is 1.84 bits per heavy atom. The average molecular weight is 348 g/mol. The SMILES string of the molecule is COc1ccccc1CNC(=O)C[NH+]1CCC([NH+]2CCCCC2)CC1. The Kier molecular flexibility index (Phi) is 6.70. The number of piperidine rings is 2. The van der Waals surface area contributed by atoms with Gasteiger partial charge in [-0.05, 0) is 25.3 Å². The van der Waals surface area contributed by atoms with E-state index in [1.807, 2.05) is 29.2 Å². The molecule has 0 spiro atoms. The maximum absolute atomic E-state index is 12.3. The summed E-state index contributed by atoms with van der Waals surface area (Å²) in [5, 5.41) is 3.05. The first-order chi connectivity index (χ1) is 12.3. The van der Waals surface area contributed by atoms with Gasteiger partial charge < -0.3 is 19.9 Å². The molecule has 0 bridgehead atoms. The molecule has 2 saturated heterocycles. The molecule has 0 saturated carbocycles. The summed E-state index contributed by atoms with van der Waals surface area (Å²) >= 11 is 0. The Balaban J connectivity index is 1.39. The number of nitrogens with one attached hydrogen (secondary N) is 3. The summed E-state index contributed by atoms with van der Waals surface area (Å²) in [7, 11) is 1.67. The Labute approximate surface area is 151 Å². The van der Waals surface area contributed by atoms with Crippen molar-refractivity contribution < 1.29 is 19.3 Å². The first-order valence-corrected chi connectivity index (χ1v) is 9.83. The lowest BCUT2D eigenvalue weighted by Gasteiger charge is -2.35. The summed E-state index contributed by atoms with van der Waals surface area (Å²) in [6.45, 7) is 6.12. The third kappa shape index (κ3) is 5.19. The Bertz CT molecular complexity index is 550. The number of hydrogen-bond donors (Lipinski definition) is 3. The molecule has 2 aliphatic heterocycles. The summed E-state index contributed by atoms with van der Waals surface area (Å²) in [5.41, 5.74) is 1.03. The quantitative estimate of drug-likeness (QED) is 0.645.